The van der Waals surface area contributed by atoms with E-state index in [1.807, 2.05) is 13.0 Å². The van der Waals surface area contributed by atoms with Crippen LogP contribution in [0.5, 0.6) is 5.75 Å². The van der Waals surface area contributed by atoms with Gasteiger partial charge < -0.3 is 20.7 Å². The molecule has 0 saturated heterocycles. The number of rotatable bonds is 6. The Morgan fingerprint density at radius 1 is 1.18 bits per heavy atom. The first kappa shape index (κ1) is 23.3. The van der Waals surface area contributed by atoms with E-state index < -0.39 is 15.9 Å². The molecule has 0 unspecified atom stereocenters. The molecular formula is C18H17Cl3IN3O2S. The summed E-state index contributed by atoms with van der Waals surface area (Å²) in [4.78, 5) is 12.5. The van der Waals surface area contributed by atoms with Crippen molar-refractivity contribution in [3.05, 3.63) is 57.7 Å². The molecule has 2 aromatic carbocycles. The second-order valence-electron chi connectivity index (χ2n) is 5.51. The molecule has 0 saturated carbocycles. The lowest BCUT2D eigenvalue weighted by molar-refractivity contribution is 0.0934. The van der Waals surface area contributed by atoms with E-state index in [9.17, 15) is 4.79 Å². The zero-order chi connectivity index (χ0) is 20.7. The van der Waals surface area contributed by atoms with Gasteiger partial charge in [0.2, 0.25) is 3.79 Å². The van der Waals surface area contributed by atoms with Crippen molar-refractivity contribution >= 4 is 86.3 Å². The van der Waals surface area contributed by atoms with Crippen LogP contribution in [0.3, 0.4) is 0 Å². The zero-order valence-electron chi connectivity index (χ0n) is 14.6. The van der Waals surface area contributed by atoms with Gasteiger partial charge in [0, 0.05) is 14.8 Å². The summed E-state index contributed by atoms with van der Waals surface area (Å²) in [6.07, 6.45) is -1.05. The highest BCUT2D eigenvalue weighted by Gasteiger charge is 2.34. The first-order valence-electron chi connectivity index (χ1n) is 8.12. The Morgan fingerprint density at radius 2 is 1.86 bits per heavy atom. The quantitative estimate of drug-likeness (QED) is 0.195. The number of carbonyl (C=O) groups excluding carboxylic acids is 1. The van der Waals surface area contributed by atoms with Gasteiger partial charge in [0.25, 0.3) is 5.91 Å². The molecule has 2 aromatic rings. The third-order valence-electron chi connectivity index (χ3n) is 3.39. The fraction of sp³-hybridized carbons (Fsp3) is 0.222. The molecule has 0 aliphatic heterocycles. The summed E-state index contributed by atoms with van der Waals surface area (Å²) in [7, 11) is 0. The first-order valence-corrected chi connectivity index (χ1v) is 10.7. The Hall–Kier alpha value is -1.000. The third-order valence-corrected chi connectivity index (χ3v) is 4.93. The summed E-state index contributed by atoms with van der Waals surface area (Å²) in [5, 5.41) is 8.62. The van der Waals surface area contributed by atoms with Crippen molar-refractivity contribution in [3.8, 4) is 5.75 Å². The largest absolute Gasteiger partial charge is 0.494 e. The lowest BCUT2D eigenvalue weighted by Gasteiger charge is -2.27. The summed E-state index contributed by atoms with van der Waals surface area (Å²) in [5.74, 6) is 0.349. The van der Waals surface area contributed by atoms with Crippen LogP contribution < -0.4 is 20.7 Å². The molecular weight excluding hydrogens is 556 g/mol. The number of hydrogen-bond acceptors (Lipinski definition) is 3. The van der Waals surface area contributed by atoms with Crippen molar-refractivity contribution in [2.45, 2.75) is 16.9 Å². The molecule has 2 rings (SSSR count). The average molecular weight is 573 g/mol. The molecule has 150 valence electrons. The van der Waals surface area contributed by atoms with Gasteiger partial charge in [-0.3, -0.25) is 4.79 Å². The number of benzene rings is 2. The van der Waals surface area contributed by atoms with E-state index in [2.05, 4.69) is 38.5 Å². The van der Waals surface area contributed by atoms with Gasteiger partial charge in [0.1, 0.15) is 11.9 Å². The summed E-state index contributed by atoms with van der Waals surface area (Å²) in [6, 6.07) is 14.2. The van der Waals surface area contributed by atoms with E-state index in [1.165, 1.54) is 0 Å². The second kappa shape index (κ2) is 10.7. The number of alkyl halides is 3. The summed E-state index contributed by atoms with van der Waals surface area (Å²) in [5.41, 5.74) is 1.16. The number of amides is 1. The molecule has 0 aliphatic rings. The van der Waals surface area contributed by atoms with E-state index in [4.69, 9.17) is 51.8 Å². The molecule has 5 nitrogen and oxygen atoms in total. The van der Waals surface area contributed by atoms with E-state index in [0.717, 1.165) is 9.32 Å². The smallest absolute Gasteiger partial charge is 0.253 e. The lowest BCUT2D eigenvalue weighted by Crippen LogP contribution is -2.56. The Balaban J connectivity index is 2.03. The van der Waals surface area contributed by atoms with Gasteiger partial charge >= 0.3 is 0 Å². The molecule has 0 bridgehead atoms. The summed E-state index contributed by atoms with van der Waals surface area (Å²) >= 11 is 25.4. The molecule has 1 atom stereocenters. The second-order valence-corrected chi connectivity index (χ2v) is 9.54. The predicted molar refractivity (Wildman–Crippen MR) is 128 cm³/mol. The minimum Gasteiger partial charge on any atom is -0.494 e. The van der Waals surface area contributed by atoms with Crippen molar-refractivity contribution < 1.29 is 9.53 Å². The normalized spacial score (nSPS) is 12.0. The molecule has 0 fully saturated rings. The average Bonchev–Trinajstić information content (AvgIpc) is 2.62. The standard InChI is InChI=1S/C18H17Cl3IN3O2S/c1-2-27-14-8-6-13(7-9-14)23-17(28)25-16(18(19,20)21)24-15(26)11-4-3-5-12(22)10-11/h3-10,16H,2H2,1H3,(H,24,26)(H2,23,25,28)/t16-/m1/s1. The number of ether oxygens (including phenoxy) is 1. The molecule has 10 heteroatoms. The van der Waals surface area contributed by atoms with Crippen molar-refractivity contribution in [3.63, 3.8) is 0 Å². The minimum atomic E-state index is -1.83. The highest BCUT2D eigenvalue weighted by Crippen LogP contribution is 2.29. The summed E-state index contributed by atoms with van der Waals surface area (Å²) < 4.78 is 4.47. The Labute approximate surface area is 197 Å². The van der Waals surface area contributed by atoms with Crippen LogP contribution in [0.2, 0.25) is 0 Å². The third kappa shape index (κ3) is 7.44. The first-order chi connectivity index (χ1) is 13.2. The molecule has 0 heterocycles. The van der Waals surface area contributed by atoms with Crippen LogP contribution in [0.25, 0.3) is 0 Å². The van der Waals surface area contributed by atoms with Gasteiger partial charge in [-0.2, -0.15) is 0 Å². The lowest BCUT2D eigenvalue weighted by atomic mass is 10.2. The monoisotopic (exact) mass is 571 g/mol. The Kier molecular flexibility index (Phi) is 8.88. The number of carbonyl (C=O) groups is 1. The van der Waals surface area contributed by atoms with Crippen molar-refractivity contribution in [2.24, 2.45) is 0 Å². The van der Waals surface area contributed by atoms with Crippen molar-refractivity contribution in [1.29, 1.82) is 0 Å². The van der Waals surface area contributed by atoms with Gasteiger partial charge in [0.05, 0.1) is 6.61 Å². The zero-order valence-corrected chi connectivity index (χ0v) is 19.9. The van der Waals surface area contributed by atoms with Crippen LogP contribution in [0.4, 0.5) is 5.69 Å². The van der Waals surface area contributed by atoms with Crippen LogP contribution in [0.1, 0.15) is 17.3 Å². The van der Waals surface area contributed by atoms with Gasteiger partial charge in [-0.1, -0.05) is 40.9 Å². The number of nitrogens with one attached hydrogen (secondary N) is 3. The van der Waals surface area contributed by atoms with E-state index in [1.54, 1.807) is 42.5 Å². The van der Waals surface area contributed by atoms with Gasteiger partial charge in [0.15, 0.2) is 5.11 Å². The maximum Gasteiger partial charge on any atom is 0.253 e. The number of halogens is 4. The van der Waals surface area contributed by atoms with Crippen LogP contribution in [-0.2, 0) is 0 Å². The Morgan fingerprint density at radius 3 is 2.43 bits per heavy atom. The number of hydrogen-bond donors (Lipinski definition) is 3. The summed E-state index contributed by atoms with van der Waals surface area (Å²) in [6.45, 7) is 2.49. The predicted octanol–water partition coefficient (Wildman–Crippen LogP) is 5.10. The van der Waals surface area contributed by atoms with Crippen LogP contribution in [0.15, 0.2) is 48.5 Å². The van der Waals surface area contributed by atoms with Crippen molar-refractivity contribution in [1.82, 2.24) is 10.6 Å². The molecule has 1 amide bonds. The number of anilines is 1. The molecule has 28 heavy (non-hydrogen) atoms. The van der Waals surface area contributed by atoms with Crippen LogP contribution in [-0.4, -0.2) is 27.6 Å². The minimum absolute atomic E-state index is 0.184. The highest BCUT2D eigenvalue weighted by atomic mass is 127. The van der Waals surface area contributed by atoms with Crippen LogP contribution in [0, 0.1) is 3.57 Å². The SMILES string of the molecule is CCOc1ccc(NC(=S)N[C@@H](NC(=O)c2cccc(I)c2)C(Cl)(Cl)Cl)cc1. The van der Waals surface area contributed by atoms with E-state index >= 15 is 0 Å². The maximum absolute atomic E-state index is 12.5. The van der Waals surface area contributed by atoms with Crippen LogP contribution >= 0.6 is 69.6 Å². The van der Waals surface area contributed by atoms with Gasteiger partial charge in [-0.05, 0) is 84.2 Å². The fourth-order valence-electron chi connectivity index (χ4n) is 2.14. The van der Waals surface area contributed by atoms with Gasteiger partial charge in [-0.25, -0.2) is 0 Å². The molecule has 0 aliphatic carbocycles. The molecule has 3 N–H and O–H groups in total. The fourth-order valence-corrected chi connectivity index (χ4v) is 3.25. The Bertz CT molecular complexity index is 832. The molecule has 0 radical (unpaired) electrons. The molecule has 0 aromatic heterocycles. The van der Waals surface area contributed by atoms with Gasteiger partial charge in [-0.15, -0.1) is 0 Å². The van der Waals surface area contributed by atoms with Crippen molar-refractivity contribution in [2.75, 3.05) is 11.9 Å². The topological polar surface area (TPSA) is 62.4 Å². The maximum atomic E-state index is 12.5. The molecule has 0 spiro atoms. The van der Waals surface area contributed by atoms with E-state index in [-0.39, 0.29) is 5.11 Å². The van der Waals surface area contributed by atoms with E-state index in [0.29, 0.717) is 17.9 Å². The highest BCUT2D eigenvalue weighted by molar-refractivity contribution is 14.1. The number of thiocarbonyl (C=S) groups is 1.